The number of anilines is 1. The van der Waals surface area contributed by atoms with E-state index in [0.717, 1.165) is 18.2 Å². The maximum Gasteiger partial charge on any atom is 0.322 e. The molecule has 2 rings (SSSR count). The predicted molar refractivity (Wildman–Crippen MR) is 80.6 cm³/mol. The van der Waals surface area contributed by atoms with E-state index < -0.39 is 4.92 Å². The average molecular weight is 305 g/mol. The van der Waals surface area contributed by atoms with Gasteiger partial charge < -0.3 is 5.32 Å². The molecule has 2 heterocycles. The predicted octanol–water partition coefficient (Wildman–Crippen LogP) is 3.06. The summed E-state index contributed by atoms with van der Waals surface area (Å²) in [5.74, 6) is 0.401. The Balaban J connectivity index is 2.39. The Morgan fingerprint density at radius 2 is 2.19 bits per heavy atom. The highest BCUT2D eigenvalue weighted by atomic mass is 32.2. The van der Waals surface area contributed by atoms with E-state index in [2.05, 4.69) is 20.3 Å². The second-order valence-corrected chi connectivity index (χ2v) is 5.25. The molecule has 0 aliphatic carbocycles. The molecular weight excluding hydrogens is 290 g/mol. The number of nitro groups is 1. The van der Waals surface area contributed by atoms with Gasteiger partial charge in [0, 0.05) is 12.7 Å². The van der Waals surface area contributed by atoms with Crippen LogP contribution in [0.1, 0.15) is 19.0 Å². The van der Waals surface area contributed by atoms with E-state index in [1.54, 1.807) is 25.3 Å². The maximum atomic E-state index is 11.2. The molecule has 0 unspecified atom stereocenters. The number of aromatic nitrogens is 3. The highest BCUT2D eigenvalue weighted by Gasteiger charge is 2.23. The van der Waals surface area contributed by atoms with Gasteiger partial charge in [0.15, 0.2) is 5.03 Å². The zero-order chi connectivity index (χ0) is 15.2. The first kappa shape index (κ1) is 15.2. The lowest BCUT2D eigenvalue weighted by Crippen LogP contribution is -2.08. The van der Waals surface area contributed by atoms with Crippen molar-refractivity contribution in [2.24, 2.45) is 0 Å². The van der Waals surface area contributed by atoms with Gasteiger partial charge in [-0.3, -0.25) is 10.1 Å². The molecule has 8 heteroatoms. The molecule has 0 amide bonds. The van der Waals surface area contributed by atoms with Crippen LogP contribution >= 0.6 is 11.8 Å². The summed E-state index contributed by atoms with van der Waals surface area (Å²) in [6, 6.07) is 5.40. The minimum atomic E-state index is -0.454. The summed E-state index contributed by atoms with van der Waals surface area (Å²) in [5.41, 5.74) is 0.264. The molecule has 21 heavy (non-hydrogen) atoms. The minimum Gasteiger partial charge on any atom is -0.354 e. The molecular formula is C13H15N5O2S. The standard InChI is InChI=1S/C13H15N5O2S/c1-3-7-15-13-16-9(2)11(18(19)20)12(17-13)21-10-6-4-5-8-14-10/h4-6,8H,3,7H2,1-2H3,(H,15,16,17). The van der Waals surface area contributed by atoms with Crippen LogP contribution in [-0.2, 0) is 0 Å². The molecule has 0 aliphatic rings. The van der Waals surface area contributed by atoms with E-state index in [0.29, 0.717) is 28.2 Å². The second-order valence-electron chi connectivity index (χ2n) is 4.24. The zero-order valence-electron chi connectivity index (χ0n) is 11.7. The summed E-state index contributed by atoms with van der Waals surface area (Å²) < 4.78 is 0. The highest BCUT2D eigenvalue weighted by molar-refractivity contribution is 7.99. The van der Waals surface area contributed by atoms with Crippen molar-refractivity contribution in [1.29, 1.82) is 0 Å². The summed E-state index contributed by atoms with van der Waals surface area (Å²) in [7, 11) is 0. The summed E-state index contributed by atoms with van der Waals surface area (Å²) in [6.45, 7) is 4.35. The number of aryl methyl sites for hydroxylation is 1. The van der Waals surface area contributed by atoms with Gasteiger partial charge in [-0.15, -0.1) is 0 Å². The van der Waals surface area contributed by atoms with Crippen molar-refractivity contribution in [3.63, 3.8) is 0 Å². The van der Waals surface area contributed by atoms with E-state index >= 15 is 0 Å². The van der Waals surface area contributed by atoms with Crippen LogP contribution in [0.25, 0.3) is 0 Å². The molecule has 0 spiro atoms. The first-order chi connectivity index (χ1) is 10.1. The van der Waals surface area contributed by atoms with Crippen molar-refractivity contribution >= 4 is 23.4 Å². The van der Waals surface area contributed by atoms with Crippen LogP contribution in [0.3, 0.4) is 0 Å². The molecule has 0 radical (unpaired) electrons. The molecule has 0 saturated heterocycles. The number of nitrogens with zero attached hydrogens (tertiary/aromatic N) is 4. The third-order valence-corrected chi connectivity index (χ3v) is 3.51. The lowest BCUT2D eigenvalue weighted by Gasteiger charge is -2.08. The first-order valence-electron chi connectivity index (χ1n) is 6.47. The number of pyridine rings is 1. The van der Waals surface area contributed by atoms with Crippen LogP contribution in [0, 0.1) is 17.0 Å². The van der Waals surface area contributed by atoms with Gasteiger partial charge in [-0.05, 0) is 37.2 Å². The van der Waals surface area contributed by atoms with Crippen LogP contribution in [0.2, 0.25) is 0 Å². The molecule has 1 N–H and O–H groups in total. The number of nitrogens with one attached hydrogen (secondary N) is 1. The van der Waals surface area contributed by atoms with Gasteiger partial charge in [-0.2, -0.15) is 4.98 Å². The van der Waals surface area contributed by atoms with Crippen LogP contribution in [0.4, 0.5) is 11.6 Å². The van der Waals surface area contributed by atoms with Crippen molar-refractivity contribution < 1.29 is 4.92 Å². The van der Waals surface area contributed by atoms with Crippen molar-refractivity contribution in [3.8, 4) is 0 Å². The van der Waals surface area contributed by atoms with Gasteiger partial charge in [0.25, 0.3) is 0 Å². The van der Waals surface area contributed by atoms with Gasteiger partial charge in [-0.25, -0.2) is 9.97 Å². The second kappa shape index (κ2) is 6.98. The third kappa shape index (κ3) is 3.88. The summed E-state index contributed by atoms with van der Waals surface area (Å²) >= 11 is 1.16. The minimum absolute atomic E-state index is 0.0762. The first-order valence-corrected chi connectivity index (χ1v) is 7.29. The van der Waals surface area contributed by atoms with Gasteiger partial charge in [0.05, 0.1) is 4.92 Å². The van der Waals surface area contributed by atoms with Crippen LogP contribution in [0.15, 0.2) is 34.4 Å². The largest absolute Gasteiger partial charge is 0.354 e. The number of hydrogen-bond donors (Lipinski definition) is 1. The van der Waals surface area contributed by atoms with Gasteiger partial charge in [0.1, 0.15) is 10.7 Å². The third-order valence-electron chi connectivity index (χ3n) is 2.58. The average Bonchev–Trinajstić information content (AvgIpc) is 2.45. The molecule has 110 valence electrons. The smallest absolute Gasteiger partial charge is 0.322 e. The van der Waals surface area contributed by atoms with E-state index in [-0.39, 0.29) is 5.69 Å². The lowest BCUT2D eigenvalue weighted by molar-refractivity contribution is -0.389. The summed E-state index contributed by atoms with van der Waals surface area (Å²) in [5, 5.41) is 15.2. The Labute approximate surface area is 126 Å². The van der Waals surface area contributed by atoms with E-state index in [1.165, 1.54) is 0 Å². The quantitative estimate of drug-likeness (QED) is 0.498. The molecule has 2 aromatic heterocycles. The molecule has 7 nitrogen and oxygen atoms in total. The lowest BCUT2D eigenvalue weighted by atomic mass is 10.4. The Hall–Kier alpha value is -2.22. The molecule has 0 aromatic carbocycles. The van der Waals surface area contributed by atoms with Gasteiger partial charge in [-0.1, -0.05) is 13.0 Å². The van der Waals surface area contributed by atoms with E-state index in [9.17, 15) is 10.1 Å². The fourth-order valence-electron chi connectivity index (χ4n) is 1.64. The summed E-state index contributed by atoms with van der Waals surface area (Å²) in [4.78, 5) is 23.3. The number of hydrogen-bond acceptors (Lipinski definition) is 7. The summed E-state index contributed by atoms with van der Waals surface area (Å²) in [6.07, 6.45) is 2.56. The Kier molecular flexibility index (Phi) is 5.04. The van der Waals surface area contributed by atoms with Crippen molar-refractivity contribution in [3.05, 3.63) is 40.2 Å². The molecule has 0 atom stereocenters. The topological polar surface area (TPSA) is 93.8 Å². The van der Waals surface area contributed by atoms with Gasteiger partial charge >= 0.3 is 5.69 Å². The Morgan fingerprint density at radius 3 is 2.81 bits per heavy atom. The molecule has 0 saturated carbocycles. The Bertz CT molecular complexity index is 636. The molecule has 0 bridgehead atoms. The van der Waals surface area contributed by atoms with Crippen molar-refractivity contribution in [2.45, 2.75) is 30.3 Å². The van der Waals surface area contributed by atoms with Crippen LogP contribution in [0.5, 0.6) is 0 Å². The van der Waals surface area contributed by atoms with Crippen molar-refractivity contribution in [2.75, 3.05) is 11.9 Å². The molecule has 0 fully saturated rings. The fraction of sp³-hybridized carbons (Fsp3) is 0.308. The zero-order valence-corrected chi connectivity index (χ0v) is 12.6. The van der Waals surface area contributed by atoms with E-state index in [4.69, 9.17) is 0 Å². The van der Waals surface area contributed by atoms with Crippen molar-refractivity contribution in [1.82, 2.24) is 15.0 Å². The number of rotatable bonds is 6. The SMILES string of the molecule is CCCNc1nc(C)c([N+](=O)[O-])c(Sc2ccccn2)n1. The monoisotopic (exact) mass is 305 g/mol. The Morgan fingerprint density at radius 1 is 1.38 bits per heavy atom. The maximum absolute atomic E-state index is 11.2. The van der Waals surface area contributed by atoms with E-state index in [1.807, 2.05) is 13.0 Å². The van der Waals surface area contributed by atoms with Crippen LogP contribution in [-0.4, -0.2) is 26.4 Å². The van der Waals surface area contributed by atoms with Crippen LogP contribution < -0.4 is 5.32 Å². The van der Waals surface area contributed by atoms with Gasteiger partial charge in [0.2, 0.25) is 5.95 Å². The molecule has 0 aliphatic heterocycles. The highest BCUT2D eigenvalue weighted by Crippen LogP contribution is 2.34. The fourth-order valence-corrected chi connectivity index (χ4v) is 2.55. The molecule has 2 aromatic rings. The normalized spacial score (nSPS) is 10.4.